The number of aromatic nitrogens is 5. The van der Waals surface area contributed by atoms with Crippen molar-refractivity contribution in [1.29, 1.82) is 0 Å². The number of carbonyl (C=O) groups excluding carboxylic acids is 1. The maximum absolute atomic E-state index is 13.7. The van der Waals surface area contributed by atoms with Crippen LogP contribution in [-0.2, 0) is 22.7 Å². The predicted octanol–water partition coefficient (Wildman–Crippen LogP) is 4.32. The largest absolute Gasteiger partial charge is 0.494 e. The molecule has 199 valence electrons. The maximum atomic E-state index is 13.7. The minimum Gasteiger partial charge on any atom is -0.494 e. The van der Waals surface area contributed by atoms with Crippen LogP contribution in [0.5, 0.6) is 5.75 Å². The summed E-state index contributed by atoms with van der Waals surface area (Å²) in [6.45, 7) is 8.00. The number of hydrogen-bond acceptors (Lipinski definition) is 7. The summed E-state index contributed by atoms with van der Waals surface area (Å²) in [7, 11) is 0.240. The molecular formula is C25H32F2N6O3Si-. The van der Waals surface area contributed by atoms with Crippen LogP contribution in [0.25, 0.3) is 11.4 Å². The molecule has 1 atom stereocenters. The van der Waals surface area contributed by atoms with Crippen LogP contribution in [-0.4, -0.2) is 59.2 Å². The van der Waals surface area contributed by atoms with Gasteiger partial charge in [0.05, 0.1) is 25.1 Å². The van der Waals surface area contributed by atoms with Gasteiger partial charge in [0.25, 0.3) is 0 Å². The molecule has 1 aliphatic heterocycles. The van der Waals surface area contributed by atoms with Crippen molar-refractivity contribution in [3.63, 3.8) is 0 Å². The average Bonchev–Trinajstić information content (AvgIpc) is 3.28. The van der Waals surface area contributed by atoms with Gasteiger partial charge in [-0.1, -0.05) is 6.07 Å². The highest BCUT2D eigenvalue weighted by Gasteiger charge is 2.33. The van der Waals surface area contributed by atoms with Gasteiger partial charge < -0.3 is 9.47 Å². The molecule has 1 aromatic carbocycles. The Hall–Kier alpha value is -3.25. The Morgan fingerprint density at radius 1 is 1.14 bits per heavy atom. The summed E-state index contributed by atoms with van der Waals surface area (Å²) in [6, 6.07) is 4.75. The van der Waals surface area contributed by atoms with Crippen molar-refractivity contribution in [3.8, 4) is 17.1 Å². The van der Waals surface area contributed by atoms with E-state index in [1.807, 2.05) is 0 Å². The number of carbonyl (C=O) groups is 1. The third kappa shape index (κ3) is 6.55. The highest BCUT2D eigenvalue weighted by molar-refractivity contribution is 6.76. The van der Waals surface area contributed by atoms with Crippen molar-refractivity contribution in [2.75, 3.05) is 25.2 Å². The Labute approximate surface area is 215 Å². The predicted molar refractivity (Wildman–Crippen MR) is 137 cm³/mol. The minimum absolute atomic E-state index is 0.130. The maximum Gasteiger partial charge on any atom is 0.233 e. The monoisotopic (exact) mass is 530 g/mol. The minimum atomic E-state index is -1.28. The molecular weight excluding hydrogens is 498 g/mol. The molecule has 0 aliphatic carbocycles. The third-order valence-electron chi connectivity index (χ3n) is 6.27. The van der Waals surface area contributed by atoms with E-state index in [1.165, 1.54) is 25.6 Å². The van der Waals surface area contributed by atoms with E-state index in [-0.39, 0.29) is 12.6 Å². The first-order valence-electron chi connectivity index (χ1n) is 12.3. The second-order valence-corrected chi connectivity index (χ2v) is 16.0. The lowest BCUT2D eigenvalue weighted by Crippen LogP contribution is -2.43. The normalized spacial score (nSPS) is 16.3. The highest BCUT2D eigenvalue weighted by atomic mass is 28.3. The summed E-state index contributed by atoms with van der Waals surface area (Å²) >= 11 is 0. The Bertz CT molecular complexity index is 1250. The molecule has 9 nitrogen and oxygen atoms in total. The number of rotatable bonds is 10. The summed E-state index contributed by atoms with van der Waals surface area (Å²) in [6.07, 6.45) is 4.67. The lowest BCUT2D eigenvalue weighted by Gasteiger charge is -2.31. The molecule has 1 amide bonds. The van der Waals surface area contributed by atoms with Crippen molar-refractivity contribution in [2.24, 2.45) is 5.92 Å². The van der Waals surface area contributed by atoms with Crippen molar-refractivity contribution >= 4 is 19.9 Å². The van der Waals surface area contributed by atoms with Crippen molar-refractivity contribution in [2.45, 2.75) is 51.7 Å². The fourth-order valence-electron chi connectivity index (χ4n) is 4.19. The summed E-state index contributed by atoms with van der Waals surface area (Å²) in [5.41, 5.74) is 1.12. The van der Waals surface area contributed by atoms with Crippen molar-refractivity contribution in [1.82, 2.24) is 25.0 Å². The first-order valence-corrected chi connectivity index (χ1v) is 16.0. The van der Waals surface area contributed by atoms with Crippen LogP contribution < -0.4 is 9.64 Å². The van der Waals surface area contributed by atoms with Crippen molar-refractivity contribution < 1.29 is 23.0 Å². The molecule has 1 fully saturated rings. The van der Waals surface area contributed by atoms with E-state index in [2.05, 4.69) is 39.9 Å². The van der Waals surface area contributed by atoms with E-state index in [4.69, 9.17) is 9.47 Å². The first-order chi connectivity index (χ1) is 17.7. The first kappa shape index (κ1) is 26.8. The van der Waals surface area contributed by atoms with Gasteiger partial charge in [-0.15, -0.1) is 19.2 Å². The van der Waals surface area contributed by atoms with Crippen LogP contribution in [0, 0.1) is 17.6 Å². The number of ether oxygens (including phenoxy) is 2. The van der Waals surface area contributed by atoms with Crippen LogP contribution >= 0.6 is 0 Å². The van der Waals surface area contributed by atoms with Gasteiger partial charge in [-0.05, 0) is 37.0 Å². The van der Waals surface area contributed by atoms with E-state index in [9.17, 15) is 13.6 Å². The van der Waals surface area contributed by atoms with E-state index in [1.54, 1.807) is 9.58 Å². The quantitative estimate of drug-likeness (QED) is 0.285. The van der Waals surface area contributed by atoms with E-state index in [0.29, 0.717) is 54.6 Å². The number of methoxy groups -OCH3 is 1. The molecule has 2 aromatic heterocycles. The molecule has 0 N–H and O–H groups in total. The second kappa shape index (κ2) is 11.4. The standard InChI is InChI=1S/C25H32F2N6O3Si/c1-35-22-15-29-28-14-19(22)23-30-25(33(31-23)16-36-10-11-37(2,3)4)32-9-5-6-18(24(32)34)12-17-7-8-20(26)21(27)13-17/h7-8,13-15,18H,5-6,9-12,16H2,1-4H3/q-1. The van der Waals surface area contributed by atoms with Gasteiger partial charge >= 0.3 is 0 Å². The SMILES string of the molecule is COc1cnncc1-c1nc(N2CCCC(Cc3ccc(F)c(F)c3)C2=O)n(COCC[Si-](C)(C)C)n1. The summed E-state index contributed by atoms with van der Waals surface area (Å²) in [4.78, 5) is 19.9. The Kier molecular flexibility index (Phi) is 8.28. The molecule has 0 spiro atoms. The molecule has 3 aromatic rings. The number of nitrogens with zero attached hydrogens (tertiary/aromatic N) is 6. The second-order valence-electron chi connectivity index (χ2n) is 10.3. The van der Waals surface area contributed by atoms with Gasteiger partial charge in [0.1, 0.15) is 6.73 Å². The zero-order chi connectivity index (χ0) is 26.6. The molecule has 0 bridgehead atoms. The van der Waals surface area contributed by atoms with E-state index >= 15 is 0 Å². The van der Waals surface area contributed by atoms with Crippen LogP contribution in [0.15, 0.2) is 30.6 Å². The molecule has 3 heterocycles. The van der Waals surface area contributed by atoms with Crippen molar-refractivity contribution in [3.05, 3.63) is 47.8 Å². The summed E-state index contributed by atoms with van der Waals surface area (Å²) in [5, 5.41) is 12.4. The molecule has 0 saturated carbocycles. The number of amides is 1. The van der Waals surface area contributed by atoms with E-state index < -0.39 is 25.6 Å². The third-order valence-corrected chi connectivity index (χ3v) is 7.98. The van der Waals surface area contributed by atoms with Crippen LogP contribution in [0.3, 0.4) is 0 Å². The van der Waals surface area contributed by atoms with Gasteiger partial charge in [0.2, 0.25) is 11.9 Å². The lowest BCUT2D eigenvalue weighted by molar-refractivity contribution is -0.123. The molecule has 1 unspecified atom stereocenters. The van der Waals surface area contributed by atoms with Gasteiger partial charge in [-0.25, -0.2) is 13.5 Å². The molecule has 1 aliphatic rings. The number of piperidine rings is 1. The molecule has 0 radical (unpaired) electrons. The zero-order valence-electron chi connectivity index (χ0n) is 21.6. The van der Waals surface area contributed by atoms with E-state index in [0.717, 1.165) is 24.6 Å². The smallest absolute Gasteiger partial charge is 0.233 e. The Morgan fingerprint density at radius 2 is 1.92 bits per heavy atom. The van der Waals surface area contributed by atoms with Gasteiger partial charge in [0.15, 0.2) is 23.2 Å². The topological polar surface area (TPSA) is 95.3 Å². The Morgan fingerprint density at radius 3 is 2.65 bits per heavy atom. The Balaban J connectivity index is 1.60. The van der Waals surface area contributed by atoms with Crippen LogP contribution in [0.4, 0.5) is 14.7 Å². The van der Waals surface area contributed by atoms with Crippen LogP contribution in [0.1, 0.15) is 18.4 Å². The number of halogens is 2. The average molecular weight is 531 g/mol. The number of anilines is 1. The highest BCUT2D eigenvalue weighted by Crippen LogP contribution is 2.31. The summed E-state index contributed by atoms with van der Waals surface area (Å²) in [5.74, 6) is -1.20. The molecule has 12 heteroatoms. The molecule has 37 heavy (non-hydrogen) atoms. The van der Waals surface area contributed by atoms with Gasteiger partial charge in [0, 0.05) is 19.1 Å². The fourth-order valence-corrected chi connectivity index (χ4v) is 4.95. The molecule has 4 rings (SSSR count). The zero-order valence-corrected chi connectivity index (χ0v) is 22.6. The molecule has 1 saturated heterocycles. The number of benzene rings is 1. The summed E-state index contributed by atoms with van der Waals surface area (Å²) < 4.78 is 40.0. The number of hydrogen-bond donors (Lipinski definition) is 0. The van der Waals surface area contributed by atoms with Gasteiger partial charge in [-0.3, -0.25) is 9.69 Å². The van der Waals surface area contributed by atoms with Gasteiger partial charge in [-0.2, -0.15) is 34.8 Å². The fraction of sp³-hybridized carbons (Fsp3) is 0.480. The lowest BCUT2D eigenvalue weighted by atomic mass is 9.90. The van der Waals surface area contributed by atoms with Crippen LogP contribution in [0.2, 0.25) is 25.7 Å².